The average Bonchev–Trinajstić information content (AvgIpc) is 2.05. The van der Waals surface area contributed by atoms with Crippen LogP contribution >= 0.6 is 0 Å². The Morgan fingerprint density at radius 1 is 1.83 bits per heavy atom. The minimum absolute atomic E-state index is 0.218. The number of aliphatic hydroxyl groups excluding tert-OH is 1. The summed E-state index contributed by atoms with van der Waals surface area (Å²) in [5, 5.41) is 9.12. The van der Waals surface area contributed by atoms with Gasteiger partial charge in [-0.25, -0.2) is 0 Å². The summed E-state index contributed by atoms with van der Waals surface area (Å²) >= 11 is 0. The standard InChI is InChI=1S/C7H13NO4/c1-2-11-7(10)6-3-5(9)4-12-8-6/h5-6,8-9H,2-4H2,1H3. The molecule has 0 saturated carbocycles. The van der Waals surface area contributed by atoms with E-state index in [0.717, 1.165) is 0 Å². The van der Waals surface area contributed by atoms with Gasteiger partial charge in [0.15, 0.2) is 0 Å². The van der Waals surface area contributed by atoms with Crippen LogP contribution in [-0.4, -0.2) is 36.4 Å². The van der Waals surface area contributed by atoms with Crippen LogP contribution in [0.5, 0.6) is 0 Å². The third-order valence-electron chi connectivity index (χ3n) is 1.58. The Bertz CT molecular complexity index is 161. The maximum atomic E-state index is 11.1. The Kier molecular flexibility index (Phi) is 3.46. The van der Waals surface area contributed by atoms with Gasteiger partial charge in [0, 0.05) is 6.42 Å². The number of carbonyl (C=O) groups excluding carboxylic acids is 1. The highest BCUT2D eigenvalue weighted by Gasteiger charge is 2.27. The average molecular weight is 175 g/mol. The van der Waals surface area contributed by atoms with Crippen molar-refractivity contribution in [3.8, 4) is 0 Å². The summed E-state index contributed by atoms with van der Waals surface area (Å²) in [6.07, 6.45) is -0.237. The molecule has 1 heterocycles. The van der Waals surface area contributed by atoms with Crippen LogP contribution in [0.1, 0.15) is 13.3 Å². The monoisotopic (exact) mass is 175 g/mol. The van der Waals surface area contributed by atoms with Crippen LogP contribution < -0.4 is 5.48 Å². The van der Waals surface area contributed by atoms with Crippen LogP contribution in [0.3, 0.4) is 0 Å². The number of aliphatic hydroxyl groups is 1. The van der Waals surface area contributed by atoms with Crippen molar-refractivity contribution < 1.29 is 19.5 Å². The number of hydroxylamine groups is 1. The van der Waals surface area contributed by atoms with Gasteiger partial charge in [0.05, 0.1) is 19.3 Å². The maximum Gasteiger partial charge on any atom is 0.325 e. The van der Waals surface area contributed by atoms with E-state index < -0.39 is 12.1 Å². The van der Waals surface area contributed by atoms with E-state index in [4.69, 9.17) is 14.7 Å². The fourth-order valence-corrected chi connectivity index (χ4v) is 1.02. The van der Waals surface area contributed by atoms with Crippen molar-refractivity contribution in [1.29, 1.82) is 0 Å². The Balaban J connectivity index is 2.35. The summed E-state index contributed by atoms with van der Waals surface area (Å²) in [6.45, 7) is 2.29. The maximum absolute atomic E-state index is 11.1. The molecule has 5 nitrogen and oxygen atoms in total. The first-order valence-electron chi connectivity index (χ1n) is 3.96. The van der Waals surface area contributed by atoms with Crippen molar-refractivity contribution in [2.75, 3.05) is 13.2 Å². The molecule has 5 heteroatoms. The van der Waals surface area contributed by atoms with Crippen molar-refractivity contribution in [2.24, 2.45) is 0 Å². The Hall–Kier alpha value is -0.650. The number of hydrogen-bond acceptors (Lipinski definition) is 5. The minimum atomic E-state index is -0.583. The highest BCUT2D eigenvalue weighted by Crippen LogP contribution is 2.06. The molecule has 2 unspecified atom stereocenters. The van der Waals surface area contributed by atoms with E-state index in [0.29, 0.717) is 13.0 Å². The van der Waals surface area contributed by atoms with Gasteiger partial charge in [0.1, 0.15) is 6.04 Å². The normalized spacial score (nSPS) is 29.8. The molecule has 0 aromatic carbocycles. The highest BCUT2D eigenvalue weighted by atomic mass is 16.7. The lowest BCUT2D eigenvalue weighted by atomic mass is 10.1. The Morgan fingerprint density at radius 3 is 3.17 bits per heavy atom. The quantitative estimate of drug-likeness (QED) is 0.538. The molecule has 70 valence electrons. The molecule has 0 aliphatic carbocycles. The molecule has 12 heavy (non-hydrogen) atoms. The molecule has 0 radical (unpaired) electrons. The van der Waals surface area contributed by atoms with Crippen LogP contribution in [0.4, 0.5) is 0 Å². The second-order valence-electron chi connectivity index (χ2n) is 2.62. The predicted octanol–water partition coefficient (Wildman–Crippen LogP) is -0.796. The van der Waals surface area contributed by atoms with Gasteiger partial charge in [-0.15, -0.1) is 0 Å². The van der Waals surface area contributed by atoms with E-state index in [1.807, 2.05) is 0 Å². The number of nitrogens with one attached hydrogen (secondary N) is 1. The lowest BCUT2D eigenvalue weighted by Crippen LogP contribution is -2.47. The lowest BCUT2D eigenvalue weighted by Gasteiger charge is -2.24. The SMILES string of the molecule is CCOC(=O)C1CC(O)CON1. The first kappa shape index (κ1) is 9.44. The molecule has 1 aliphatic rings. The number of ether oxygens (including phenoxy) is 1. The van der Waals surface area contributed by atoms with Crippen molar-refractivity contribution >= 4 is 5.97 Å². The number of carbonyl (C=O) groups is 1. The van der Waals surface area contributed by atoms with Crippen LogP contribution in [0.2, 0.25) is 0 Å². The van der Waals surface area contributed by atoms with E-state index in [1.165, 1.54) is 0 Å². The zero-order chi connectivity index (χ0) is 8.97. The molecule has 2 atom stereocenters. The molecule has 1 fully saturated rings. The van der Waals surface area contributed by atoms with Gasteiger partial charge in [-0.3, -0.25) is 9.63 Å². The topological polar surface area (TPSA) is 67.8 Å². The minimum Gasteiger partial charge on any atom is -0.465 e. The van der Waals surface area contributed by atoms with E-state index in [2.05, 4.69) is 5.48 Å². The van der Waals surface area contributed by atoms with Gasteiger partial charge < -0.3 is 9.84 Å². The van der Waals surface area contributed by atoms with E-state index >= 15 is 0 Å². The number of rotatable bonds is 2. The summed E-state index contributed by atoms with van der Waals surface area (Å²) < 4.78 is 4.74. The summed E-state index contributed by atoms with van der Waals surface area (Å²) in [6, 6.07) is -0.534. The van der Waals surface area contributed by atoms with Crippen molar-refractivity contribution in [3.63, 3.8) is 0 Å². The van der Waals surface area contributed by atoms with Gasteiger partial charge in [-0.1, -0.05) is 0 Å². The smallest absolute Gasteiger partial charge is 0.325 e. The summed E-state index contributed by atoms with van der Waals surface area (Å²) in [7, 11) is 0. The van der Waals surface area contributed by atoms with Gasteiger partial charge in [0.25, 0.3) is 0 Å². The first-order chi connectivity index (χ1) is 5.74. The van der Waals surface area contributed by atoms with Crippen LogP contribution in [0, 0.1) is 0 Å². The summed E-state index contributed by atoms with van der Waals surface area (Å²) in [4.78, 5) is 15.8. The van der Waals surface area contributed by atoms with Crippen LogP contribution in [0.15, 0.2) is 0 Å². The van der Waals surface area contributed by atoms with Crippen LogP contribution in [0.25, 0.3) is 0 Å². The van der Waals surface area contributed by atoms with Crippen LogP contribution in [-0.2, 0) is 14.4 Å². The Morgan fingerprint density at radius 2 is 2.58 bits per heavy atom. The third kappa shape index (κ3) is 2.44. The second kappa shape index (κ2) is 4.39. The summed E-state index contributed by atoms with van der Waals surface area (Å²) in [5.41, 5.74) is 2.50. The van der Waals surface area contributed by atoms with Gasteiger partial charge in [-0.05, 0) is 6.92 Å². The molecular formula is C7H13NO4. The summed E-state index contributed by atoms with van der Waals surface area (Å²) in [5.74, 6) is -0.378. The molecule has 1 aliphatic heterocycles. The molecule has 2 N–H and O–H groups in total. The molecule has 0 bridgehead atoms. The second-order valence-corrected chi connectivity index (χ2v) is 2.62. The Labute approximate surface area is 70.6 Å². The molecule has 1 saturated heterocycles. The number of hydrogen-bond donors (Lipinski definition) is 2. The molecule has 0 aromatic heterocycles. The molecule has 0 spiro atoms. The number of esters is 1. The van der Waals surface area contributed by atoms with E-state index in [-0.39, 0.29) is 12.6 Å². The van der Waals surface area contributed by atoms with Crippen molar-refractivity contribution in [3.05, 3.63) is 0 Å². The lowest BCUT2D eigenvalue weighted by molar-refractivity contribution is -0.159. The molecule has 1 rings (SSSR count). The molecule has 0 aromatic rings. The first-order valence-corrected chi connectivity index (χ1v) is 3.96. The molecular weight excluding hydrogens is 162 g/mol. The fourth-order valence-electron chi connectivity index (χ4n) is 1.02. The van der Waals surface area contributed by atoms with E-state index in [1.54, 1.807) is 6.92 Å². The largest absolute Gasteiger partial charge is 0.465 e. The fraction of sp³-hybridized carbons (Fsp3) is 0.857. The zero-order valence-electron chi connectivity index (χ0n) is 6.95. The molecule has 0 amide bonds. The van der Waals surface area contributed by atoms with Gasteiger partial charge in [0.2, 0.25) is 0 Å². The van der Waals surface area contributed by atoms with Crippen molar-refractivity contribution in [2.45, 2.75) is 25.5 Å². The van der Waals surface area contributed by atoms with Gasteiger partial charge in [-0.2, -0.15) is 5.48 Å². The third-order valence-corrected chi connectivity index (χ3v) is 1.58. The predicted molar refractivity (Wildman–Crippen MR) is 40.1 cm³/mol. The van der Waals surface area contributed by atoms with Gasteiger partial charge >= 0.3 is 5.97 Å². The van der Waals surface area contributed by atoms with Crippen molar-refractivity contribution in [1.82, 2.24) is 5.48 Å². The highest BCUT2D eigenvalue weighted by molar-refractivity contribution is 5.75. The van der Waals surface area contributed by atoms with E-state index in [9.17, 15) is 4.79 Å². The zero-order valence-corrected chi connectivity index (χ0v) is 6.95.